The number of nitro groups is 1. The Kier molecular flexibility index (Phi) is 6.34. The number of carbonyl (C=O) groups is 1. The van der Waals surface area contributed by atoms with Crippen molar-refractivity contribution in [1.82, 2.24) is 9.88 Å². The van der Waals surface area contributed by atoms with Crippen LogP contribution in [-0.4, -0.2) is 52.6 Å². The lowest BCUT2D eigenvalue weighted by atomic mass is 10.1. The monoisotopic (exact) mass is 411 g/mol. The number of pyridine rings is 1. The van der Waals surface area contributed by atoms with E-state index in [0.29, 0.717) is 42.5 Å². The molecule has 29 heavy (non-hydrogen) atoms. The third-order valence-electron chi connectivity index (χ3n) is 4.81. The predicted molar refractivity (Wildman–Crippen MR) is 111 cm³/mol. The molecule has 2 aromatic rings. The van der Waals surface area contributed by atoms with E-state index in [9.17, 15) is 20.2 Å². The van der Waals surface area contributed by atoms with E-state index in [1.165, 1.54) is 17.8 Å². The van der Waals surface area contributed by atoms with Gasteiger partial charge in [0.15, 0.2) is 0 Å². The van der Waals surface area contributed by atoms with Crippen LogP contribution in [0.2, 0.25) is 0 Å². The van der Waals surface area contributed by atoms with Crippen LogP contribution < -0.4 is 4.90 Å². The standard InChI is InChI=1S/C20H21N5O3S/c1-14-11-15(2)22-20(16(14)12-21)29-13-19(26)24-9-7-23(8-10-24)17-5-3-4-6-18(17)25(27)28/h3-6,11H,7-10,13H2,1-2H3. The van der Waals surface area contributed by atoms with Crippen LogP contribution in [0.25, 0.3) is 0 Å². The summed E-state index contributed by atoms with van der Waals surface area (Å²) < 4.78 is 0. The number of benzene rings is 1. The van der Waals surface area contributed by atoms with Crippen molar-refractivity contribution in [1.29, 1.82) is 5.26 Å². The molecule has 0 N–H and O–H groups in total. The minimum Gasteiger partial charge on any atom is -0.362 e. The number of nitro benzene ring substituents is 1. The lowest BCUT2D eigenvalue weighted by Gasteiger charge is -2.35. The minimum atomic E-state index is -0.382. The molecule has 0 radical (unpaired) electrons. The molecule has 1 fully saturated rings. The number of carbonyl (C=O) groups excluding carboxylic acids is 1. The van der Waals surface area contributed by atoms with Gasteiger partial charge in [-0.15, -0.1) is 0 Å². The number of hydrogen-bond acceptors (Lipinski definition) is 7. The van der Waals surface area contributed by atoms with Crippen LogP contribution in [0, 0.1) is 35.3 Å². The molecule has 1 aromatic carbocycles. The smallest absolute Gasteiger partial charge is 0.292 e. The summed E-state index contributed by atoms with van der Waals surface area (Å²) in [7, 11) is 0. The Balaban J connectivity index is 1.60. The Morgan fingerprint density at radius 3 is 2.62 bits per heavy atom. The Bertz CT molecular complexity index is 981. The van der Waals surface area contributed by atoms with Crippen LogP contribution >= 0.6 is 11.8 Å². The minimum absolute atomic E-state index is 0.0259. The molecule has 9 heteroatoms. The first-order chi connectivity index (χ1) is 13.9. The molecule has 3 rings (SSSR count). The highest BCUT2D eigenvalue weighted by molar-refractivity contribution is 8.00. The summed E-state index contributed by atoms with van der Waals surface area (Å²) in [5.74, 6) is 0.179. The molecule has 0 bridgehead atoms. The van der Waals surface area contributed by atoms with E-state index in [-0.39, 0.29) is 22.3 Å². The number of aryl methyl sites for hydroxylation is 2. The van der Waals surface area contributed by atoms with E-state index in [0.717, 1.165) is 11.3 Å². The molecule has 150 valence electrons. The van der Waals surface area contributed by atoms with Gasteiger partial charge in [0, 0.05) is 37.9 Å². The maximum atomic E-state index is 12.6. The van der Waals surface area contributed by atoms with Gasteiger partial charge in [-0.05, 0) is 31.5 Å². The van der Waals surface area contributed by atoms with Crippen molar-refractivity contribution in [3.8, 4) is 6.07 Å². The lowest BCUT2D eigenvalue weighted by molar-refractivity contribution is -0.384. The fourth-order valence-electron chi connectivity index (χ4n) is 3.35. The van der Waals surface area contributed by atoms with Crippen molar-refractivity contribution in [3.63, 3.8) is 0 Å². The van der Waals surface area contributed by atoms with Crippen molar-refractivity contribution in [2.75, 3.05) is 36.8 Å². The van der Waals surface area contributed by atoms with Crippen molar-refractivity contribution >= 4 is 29.0 Å². The van der Waals surface area contributed by atoms with Gasteiger partial charge in [0.1, 0.15) is 16.8 Å². The summed E-state index contributed by atoms with van der Waals surface area (Å²) in [6.07, 6.45) is 0. The largest absolute Gasteiger partial charge is 0.362 e. The second-order valence-electron chi connectivity index (χ2n) is 6.77. The van der Waals surface area contributed by atoms with Gasteiger partial charge in [0.25, 0.3) is 5.69 Å². The SMILES string of the molecule is Cc1cc(C)c(C#N)c(SCC(=O)N2CCN(c3ccccc3[N+](=O)[O-])CC2)n1. The molecular weight excluding hydrogens is 390 g/mol. The van der Waals surface area contributed by atoms with Crippen molar-refractivity contribution in [3.05, 3.63) is 57.3 Å². The summed E-state index contributed by atoms with van der Waals surface area (Å²) >= 11 is 1.28. The van der Waals surface area contributed by atoms with E-state index >= 15 is 0 Å². The molecule has 1 aromatic heterocycles. The average molecular weight is 411 g/mol. The third-order valence-corrected chi connectivity index (χ3v) is 5.77. The molecule has 1 amide bonds. The number of thioether (sulfide) groups is 1. The van der Waals surface area contributed by atoms with Crippen LogP contribution in [0.4, 0.5) is 11.4 Å². The van der Waals surface area contributed by atoms with Gasteiger partial charge in [-0.3, -0.25) is 14.9 Å². The molecule has 0 atom stereocenters. The molecule has 1 aliphatic heterocycles. The first kappa shape index (κ1) is 20.6. The molecule has 0 saturated carbocycles. The average Bonchev–Trinajstić information content (AvgIpc) is 2.71. The third kappa shape index (κ3) is 4.66. The molecule has 8 nitrogen and oxygen atoms in total. The van der Waals surface area contributed by atoms with Crippen LogP contribution in [0.3, 0.4) is 0 Å². The Morgan fingerprint density at radius 1 is 1.28 bits per heavy atom. The molecule has 1 saturated heterocycles. The second kappa shape index (κ2) is 8.92. The zero-order valence-electron chi connectivity index (χ0n) is 16.3. The van der Waals surface area contributed by atoms with Crippen molar-refractivity contribution < 1.29 is 9.72 Å². The molecule has 0 spiro atoms. The molecule has 0 unspecified atom stereocenters. The molecule has 0 aliphatic carbocycles. The maximum Gasteiger partial charge on any atom is 0.292 e. The Morgan fingerprint density at radius 2 is 1.97 bits per heavy atom. The fraction of sp³-hybridized carbons (Fsp3) is 0.350. The first-order valence-electron chi connectivity index (χ1n) is 9.18. The summed E-state index contributed by atoms with van der Waals surface area (Å²) in [5, 5.41) is 21.2. The van der Waals surface area contributed by atoms with E-state index in [2.05, 4.69) is 11.1 Å². The van der Waals surface area contributed by atoms with Crippen LogP contribution in [0.5, 0.6) is 0 Å². The predicted octanol–water partition coefficient (Wildman–Crippen LogP) is 2.92. The Hall–Kier alpha value is -3.12. The number of nitrogens with zero attached hydrogens (tertiary/aromatic N) is 5. The number of amides is 1. The number of piperazine rings is 1. The normalized spacial score (nSPS) is 13.8. The van der Waals surface area contributed by atoms with Crippen LogP contribution in [-0.2, 0) is 4.79 Å². The van der Waals surface area contributed by atoms with Crippen LogP contribution in [0.15, 0.2) is 35.4 Å². The highest BCUT2D eigenvalue weighted by Gasteiger charge is 2.25. The van der Waals surface area contributed by atoms with Crippen LogP contribution in [0.1, 0.15) is 16.8 Å². The number of hydrogen-bond donors (Lipinski definition) is 0. The maximum absolute atomic E-state index is 12.6. The van der Waals surface area contributed by atoms with Gasteiger partial charge < -0.3 is 9.80 Å². The molecule has 2 heterocycles. The lowest BCUT2D eigenvalue weighted by Crippen LogP contribution is -2.49. The number of anilines is 1. The zero-order valence-corrected chi connectivity index (χ0v) is 17.1. The van der Waals surface area contributed by atoms with E-state index in [1.807, 2.05) is 24.8 Å². The highest BCUT2D eigenvalue weighted by Crippen LogP contribution is 2.29. The number of para-hydroxylation sites is 2. The number of rotatable bonds is 5. The van der Waals surface area contributed by atoms with Gasteiger partial charge in [-0.1, -0.05) is 23.9 Å². The molecule has 1 aliphatic rings. The van der Waals surface area contributed by atoms with Gasteiger partial charge in [0.2, 0.25) is 5.91 Å². The Labute approximate surface area is 173 Å². The summed E-state index contributed by atoms with van der Waals surface area (Å²) in [5.41, 5.74) is 2.84. The van der Waals surface area contributed by atoms with Crippen molar-refractivity contribution in [2.24, 2.45) is 0 Å². The number of nitriles is 1. The van der Waals surface area contributed by atoms with E-state index < -0.39 is 0 Å². The van der Waals surface area contributed by atoms with E-state index in [4.69, 9.17) is 0 Å². The van der Waals surface area contributed by atoms with Crippen molar-refractivity contribution in [2.45, 2.75) is 18.9 Å². The second-order valence-corrected chi connectivity index (χ2v) is 7.74. The highest BCUT2D eigenvalue weighted by atomic mass is 32.2. The van der Waals surface area contributed by atoms with Gasteiger partial charge in [-0.25, -0.2) is 4.98 Å². The van der Waals surface area contributed by atoms with E-state index in [1.54, 1.807) is 23.1 Å². The summed E-state index contributed by atoms with van der Waals surface area (Å²) in [6, 6.07) is 10.7. The summed E-state index contributed by atoms with van der Waals surface area (Å²) in [4.78, 5) is 31.6. The quantitative estimate of drug-likeness (QED) is 0.423. The fourth-order valence-corrected chi connectivity index (χ4v) is 4.35. The van der Waals surface area contributed by atoms with Gasteiger partial charge >= 0.3 is 0 Å². The first-order valence-corrected chi connectivity index (χ1v) is 10.2. The topological polar surface area (TPSA) is 103 Å². The zero-order chi connectivity index (χ0) is 21.0. The summed E-state index contributed by atoms with van der Waals surface area (Å²) in [6.45, 7) is 5.79. The molecular formula is C20H21N5O3S. The number of aromatic nitrogens is 1. The van der Waals surface area contributed by atoms with Gasteiger partial charge in [-0.2, -0.15) is 5.26 Å². The van der Waals surface area contributed by atoms with Gasteiger partial charge in [0.05, 0.1) is 16.2 Å².